The summed E-state index contributed by atoms with van der Waals surface area (Å²) in [7, 11) is -2.44. The Morgan fingerprint density at radius 1 is 1.18 bits per heavy atom. The van der Waals surface area contributed by atoms with E-state index in [0.29, 0.717) is 12.1 Å². The number of ether oxygens (including phenoxy) is 2. The number of halogens is 4. The van der Waals surface area contributed by atoms with E-state index in [2.05, 4.69) is 4.74 Å². The van der Waals surface area contributed by atoms with Crippen molar-refractivity contribution in [2.45, 2.75) is 11.1 Å². The number of carbonyl (C=O) groups is 1. The highest BCUT2D eigenvalue weighted by molar-refractivity contribution is 7.92. The molecule has 0 atom stereocenters. The summed E-state index contributed by atoms with van der Waals surface area (Å²) in [5, 5.41) is 9.96. The van der Waals surface area contributed by atoms with E-state index in [1.807, 2.05) is 4.72 Å². The van der Waals surface area contributed by atoms with E-state index in [0.717, 1.165) is 13.2 Å². The van der Waals surface area contributed by atoms with Crippen LogP contribution in [0, 0.1) is 0 Å². The van der Waals surface area contributed by atoms with Crippen molar-refractivity contribution in [1.82, 2.24) is 0 Å². The van der Waals surface area contributed by atoms with Crippen LogP contribution in [-0.2, 0) is 20.9 Å². The number of rotatable bonds is 5. The molecule has 152 valence electrons. The van der Waals surface area contributed by atoms with Crippen LogP contribution < -0.4 is 9.46 Å². The standard InChI is InChI=1S/C16H13ClF3NO6S/c1-26-12-4-3-9(17)7-13(12)28(24,25)21-11-6-8(15(23)27-2)5-10(14(11)22)16(18,19)20/h3-7,21-22H,1-2H3. The molecule has 0 aliphatic rings. The van der Waals surface area contributed by atoms with Crippen molar-refractivity contribution in [3.05, 3.63) is 46.5 Å². The van der Waals surface area contributed by atoms with E-state index in [1.54, 1.807) is 0 Å². The number of phenols is 1. The first-order chi connectivity index (χ1) is 12.9. The Morgan fingerprint density at radius 3 is 2.36 bits per heavy atom. The van der Waals surface area contributed by atoms with E-state index in [9.17, 15) is 31.5 Å². The number of phenolic OH excluding ortho intramolecular Hbond substituents is 1. The number of benzene rings is 2. The van der Waals surface area contributed by atoms with Gasteiger partial charge in [0.25, 0.3) is 10.0 Å². The van der Waals surface area contributed by atoms with Gasteiger partial charge in [0.2, 0.25) is 0 Å². The Bertz CT molecular complexity index is 1020. The quantitative estimate of drug-likeness (QED) is 0.544. The molecule has 0 aliphatic carbocycles. The summed E-state index contributed by atoms with van der Waals surface area (Å²) in [6.07, 6.45) is -5.07. The number of methoxy groups -OCH3 is 2. The number of anilines is 1. The van der Waals surface area contributed by atoms with Crippen LogP contribution in [0.25, 0.3) is 0 Å². The number of esters is 1. The van der Waals surface area contributed by atoms with Crippen LogP contribution in [0.2, 0.25) is 5.02 Å². The lowest BCUT2D eigenvalue weighted by atomic mass is 10.1. The van der Waals surface area contributed by atoms with Crippen molar-refractivity contribution in [3.63, 3.8) is 0 Å². The highest BCUT2D eigenvalue weighted by Crippen LogP contribution is 2.42. The molecule has 12 heteroatoms. The minimum absolute atomic E-state index is 0.0182. The largest absolute Gasteiger partial charge is 0.505 e. The van der Waals surface area contributed by atoms with Crippen LogP contribution in [0.1, 0.15) is 15.9 Å². The summed E-state index contributed by atoms with van der Waals surface area (Å²) in [5.74, 6) is -2.72. The molecule has 0 fully saturated rings. The minimum Gasteiger partial charge on any atom is -0.505 e. The van der Waals surface area contributed by atoms with Crippen molar-refractivity contribution in [2.75, 3.05) is 18.9 Å². The Labute approximate surface area is 162 Å². The van der Waals surface area contributed by atoms with Gasteiger partial charge in [-0.25, -0.2) is 13.2 Å². The highest BCUT2D eigenvalue weighted by Gasteiger charge is 2.37. The highest BCUT2D eigenvalue weighted by atomic mass is 35.5. The summed E-state index contributed by atoms with van der Waals surface area (Å²) in [6, 6.07) is 4.65. The molecule has 0 bridgehead atoms. The zero-order valence-electron chi connectivity index (χ0n) is 14.3. The molecule has 0 spiro atoms. The van der Waals surface area contributed by atoms with E-state index in [4.69, 9.17) is 16.3 Å². The van der Waals surface area contributed by atoms with Crippen molar-refractivity contribution >= 4 is 33.3 Å². The summed E-state index contributed by atoms with van der Waals surface area (Å²) >= 11 is 5.78. The third-order valence-electron chi connectivity index (χ3n) is 3.50. The van der Waals surface area contributed by atoms with Gasteiger partial charge in [0.1, 0.15) is 16.2 Å². The second-order valence-electron chi connectivity index (χ2n) is 5.31. The monoisotopic (exact) mass is 439 g/mol. The third kappa shape index (κ3) is 4.42. The number of alkyl halides is 3. The van der Waals surface area contributed by atoms with Gasteiger partial charge in [-0.15, -0.1) is 0 Å². The second-order valence-corrected chi connectivity index (χ2v) is 7.40. The lowest BCUT2D eigenvalue weighted by Crippen LogP contribution is -2.17. The lowest BCUT2D eigenvalue weighted by molar-refractivity contribution is -0.138. The maximum absolute atomic E-state index is 13.2. The van der Waals surface area contributed by atoms with Crippen molar-refractivity contribution in [1.29, 1.82) is 0 Å². The molecular weight excluding hydrogens is 427 g/mol. The normalized spacial score (nSPS) is 11.8. The van der Waals surface area contributed by atoms with Crippen molar-refractivity contribution in [2.24, 2.45) is 0 Å². The predicted octanol–water partition coefficient (Wildman–Crippen LogP) is 3.66. The van der Waals surface area contributed by atoms with Crippen LogP contribution in [0.3, 0.4) is 0 Å². The molecule has 0 heterocycles. The Balaban J connectivity index is 2.65. The maximum Gasteiger partial charge on any atom is 0.420 e. The van der Waals surface area contributed by atoms with Crippen LogP contribution in [0.15, 0.2) is 35.2 Å². The topological polar surface area (TPSA) is 102 Å². The first-order valence-corrected chi connectivity index (χ1v) is 9.15. The predicted molar refractivity (Wildman–Crippen MR) is 93.3 cm³/mol. The van der Waals surface area contributed by atoms with Gasteiger partial charge in [-0.05, 0) is 30.3 Å². The Kier molecular flexibility index (Phi) is 6.00. The number of nitrogens with one attached hydrogen (secondary N) is 1. The Morgan fingerprint density at radius 2 is 1.82 bits per heavy atom. The van der Waals surface area contributed by atoms with E-state index >= 15 is 0 Å². The molecule has 0 saturated heterocycles. The fraction of sp³-hybridized carbons (Fsp3) is 0.188. The smallest absolute Gasteiger partial charge is 0.420 e. The first kappa shape index (κ1) is 21.6. The summed E-state index contributed by atoms with van der Waals surface area (Å²) in [5.41, 5.74) is -3.12. The molecule has 0 unspecified atom stereocenters. The van der Waals surface area contributed by atoms with Gasteiger partial charge < -0.3 is 14.6 Å². The summed E-state index contributed by atoms with van der Waals surface area (Å²) in [6.45, 7) is 0. The van der Waals surface area contributed by atoms with Gasteiger partial charge in [0.05, 0.1) is 25.5 Å². The van der Waals surface area contributed by atoms with Gasteiger partial charge >= 0.3 is 12.1 Å². The summed E-state index contributed by atoms with van der Waals surface area (Å²) < 4.78 is 75.9. The van der Waals surface area contributed by atoms with E-state index < -0.39 is 49.6 Å². The number of hydrogen-bond acceptors (Lipinski definition) is 6. The average molecular weight is 440 g/mol. The molecule has 2 aromatic rings. The molecule has 7 nitrogen and oxygen atoms in total. The van der Waals surface area contributed by atoms with E-state index in [-0.39, 0.29) is 10.8 Å². The van der Waals surface area contributed by atoms with Crippen LogP contribution in [0.5, 0.6) is 11.5 Å². The van der Waals surface area contributed by atoms with Gasteiger partial charge in [-0.2, -0.15) is 13.2 Å². The molecule has 0 saturated carbocycles. The zero-order valence-corrected chi connectivity index (χ0v) is 15.9. The molecule has 0 radical (unpaired) electrons. The fourth-order valence-corrected chi connectivity index (χ4v) is 3.71. The molecule has 28 heavy (non-hydrogen) atoms. The third-order valence-corrected chi connectivity index (χ3v) is 5.12. The fourth-order valence-electron chi connectivity index (χ4n) is 2.22. The maximum atomic E-state index is 13.2. The number of hydrogen-bond donors (Lipinski definition) is 2. The molecular formula is C16H13ClF3NO6S. The number of carbonyl (C=O) groups excluding carboxylic acids is 1. The SMILES string of the molecule is COC(=O)c1cc(NS(=O)(=O)c2cc(Cl)ccc2OC)c(O)c(C(F)(F)F)c1. The van der Waals surface area contributed by atoms with Gasteiger partial charge in [-0.3, -0.25) is 4.72 Å². The lowest BCUT2D eigenvalue weighted by Gasteiger charge is -2.17. The Hall–Kier alpha value is -2.66. The number of aromatic hydroxyl groups is 1. The molecule has 0 aromatic heterocycles. The van der Waals surface area contributed by atoms with Gasteiger partial charge in [-0.1, -0.05) is 11.6 Å². The van der Waals surface area contributed by atoms with Crippen LogP contribution in [-0.4, -0.2) is 33.7 Å². The van der Waals surface area contributed by atoms with Gasteiger partial charge in [0.15, 0.2) is 5.75 Å². The van der Waals surface area contributed by atoms with Crippen LogP contribution in [0.4, 0.5) is 18.9 Å². The zero-order chi connectivity index (χ0) is 21.3. The van der Waals surface area contributed by atoms with Crippen molar-refractivity contribution in [3.8, 4) is 11.5 Å². The first-order valence-electron chi connectivity index (χ1n) is 7.29. The summed E-state index contributed by atoms with van der Waals surface area (Å²) in [4.78, 5) is 11.2. The van der Waals surface area contributed by atoms with Crippen molar-refractivity contribution < 1.29 is 41.0 Å². The number of sulfonamides is 1. The molecule has 2 rings (SSSR count). The van der Waals surface area contributed by atoms with Crippen LogP contribution >= 0.6 is 11.6 Å². The second kappa shape index (κ2) is 7.76. The molecule has 0 aliphatic heterocycles. The molecule has 0 amide bonds. The molecule has 2 aromatic carbocycles. The van der Waals surface area contributed by atoms with E-state index in [1.165, 1.54) is 19.2 Å². The van der Waals surface area contributed by atoms with Gasteiger partial charge in [0, 0.05) is 5.02 Å². The molecule has 2 N–H and O–H groups in total. The average Bonchev–Trinajstić information content (AvgIpc) is 2.61. The minimum atomic E-state index is -5.07.